The molecular formula is C8H12ClMgO+. The first kappa shape index (κ1) is 17.4. The van der Waals surface area contributed by atoms with Gasteiger partial charge in [-0.3, -0.25) is 0 Å². The third-order valence-electron chi connectivity index (χ3n) is 0.607. The zero-order valence-corrected chi connectivity index (χ0v) is 8.89. The largest absolute Gasteiger partial charge is 2.00 e. The number of halogens is 1. The molecule has 0 spiro atoms. The molecule has 0 saturated carbocycles. The summed E-state index contributed by atoms with van der Waals surface area (Å²) in [7, 11) is 0. The minimum absolute atomic E-state index is 0. The summed E-state index contributed by atoms with van der Waals surface area (Å²) in [5.41, 5.74) is 0. The van der Waals surface area contributed by atoms with Gasteiger partial charge in [-0.2, -0.15) is 36.4 Å². The van der Waals surface area contributed by atoms with Crippen molar-refractivity contribution >= 4 is 35.5 Å². The van der Waals surface area contributed by atoms with Crippen molar-refractivity contribution < 1.29 is 5.11 Å². The summed E-state index contributed by atoms with van der Waals surface area (Å²) in [6.07, 6.45) is 0. The molecule has 0 aliphatic rings. The van der Waals surface area contributed by atoms with Crippen LogP contribution in [0, 0.1) is 6.07 Å². The first-order valence-electron chi connectivity index (χ1n) is 2.93. The fraction of sp³-hybridized carbons (Fsp3) is 0.250. The Balaban J connectivity index is -0.000000116. The molecule has 0 aliphatic heterocycles. The predicted octanol–water partition coefficient (Wildman–Crippen LogP) is 1.53. The summed E-state index contributed by atoms with van der Waals surface area (Å²) in [4.78, 5) is 0. The Morgan fingerprint density at radius 1 is 1.18 bits per heavy atom. The maximum Gasteiger partial charge on any atom is 2.00 e. The van der Waals surface area contributed by atoms with Crippen LogP contribution < -0.4 is 0 Å². The van der Waals surface area contributed by atoms with E-state index in [1.54, 1.807) is 6.92 Å². The summed E-state index contributed by atoms with van der Waals surface area (Å²) >= 11 is 0. The molecule has 0 amide bonds. The van der Waals surface area contributed by atoms with E-state index >= 15 is 0 Å². The second-order valence-electron chi connectivity index (χ2n) is 1.39. The molecule has 3 heteroatoms. The van der Waals surface area contributed by atoms with Crippen LogP contribution in [0.3, 0.4) is 0 Å². The quantitative estimate of drug-likeness (QED) is 0.478. The van der Waals surface area contributed by atoms with Crippen LogP contribution in [0.25, 0.3) is 0 Å². The van der Waals surface area contributed by atoms with Gasteiger partial charge in [-0.05, 0) is 6.92 Å². The minimum atomic E-state index is 0. The van der Waals surface area contributed by atoms with Gasteiger partial charge in [0.1, 0.15) is 0 Å². The van der Waals surface area contributed by atoms with Crippen molar-refractivity contribution in [2.24, 2.45) is 0 Å². The van der Waals surface area contributed by atoms with Crippen molar-refractivity contribution in [3.8, 4) is 0 Å². The van der Waals surface area contributed by atoms with Crippen LogP contribution >= 0.6 is 12.4 Å². The molecule has 0 bridgehead atoms. The van der Waals surface area contributed by atoms with Gasteiger partial charge in [0.25, 0.3) is 0 Å². The summed E-state index contributed by atoms with van der Waals surface area (Å²) in [6.45, 7) is 1.93. The van der Waals surface area contributed by atoms with E-state index in [1.165, 1.54) is 0 Å². The van der Waals surface area contributed by atoms with Crippen LogP contribution in [0.15, 0.2) is 30.3 Å². The molecule has 1 nitrogen and oxygen atoms in total. The van der Waals surface area contributed by atoms with Gasteiger partial charge in [-0.15, -0.1) is 12.4 Å². The molecule has 0 heterocycles. The molecule has 0 radical (unpaired) electrons. The average molecular weight is 184 g/mol. The van der Waals surface area contributed by atoms with E-state index in [0.717, 1.165) is 0 Å². The Bertz CT molecular complexity index is 96.9. The van der Waals surface area contributed by atoms with Crippen molar-refractivity contribution in [3.05, 3.63) is 36.4 Å². The Kier molecular flexibility index (Phi) is 26.3. The third-order valence-corrected chi connectivity index (χ3v) is 0.607. The van der Waals surface area contributed by atoms with Crippen molar-refractivity contribution in [3.63, 3.8) is 0 Å². The van der Waals surface area contributed by atoms with Crippen LogP contribution in [0.4, 0.5) is 0 Å². The standard InChI is InChI=1S/C6H5.C2H6O.ClH.Mg/c1-2-4-6-5-3-1;1-2-3;;/h1-5H;3H,2H2,1H3;1H;/q-1;;;+2. The Labute approximate surface area is 90.4 Å². The number of aliphatic hydroxyl groups excluding tert-OH is 1. The van der Waals surface area contributed by atoms with E-state index < -0.39 is 0 Å². The van der Waals surface area contributed by atoms with E-state index in [9.17, 15) is 0 Å². The van der Waals surface area contributed by atoms with E-state index in [1.807, 2.05) is 30.3 Å². The number of rotatable bonds is 0. The topological polar surface area (TPSA) is 20.2 Å². The second kappa shape index (κ2) is 16.7. The van der Waals surface area contributed by atoms with Crippen LogP contribution in [0.5, 0.6) is 0 Å². The van der Waals surface area contributed by atoms with Gasteiger partial charge in [0.05, 0.1) is 0 Å². The zero-order valence-electron chi connectivity index (χ0n) is 6.66. The van der Waals surface area contributed by atoms with Crippen molar-refractivity contribution in [1.82, 2.24) is 0 Å². The molecule has 58 valence electrons. The number of aliphatic hydroxyl groups is 1. The van der Waals surface area contributed by atoms with Crippen LogP contribution in [-0.4, -0.2) is 34.8 Å². The predicted molar refractivity (Wildman–Crippen MR) is 51.0 cm³/mol. The van der Waals surface area contributed by atoms with Gasteiger partial charge in [0.15, 0.2) is 0 Å². The second-order valence-corrected chi connectivity index (χ2v) is 1.39. The van der Waals surface area contributed by atoms with E-state index in [0.29, 0.717) is 0 Å². The number of benzene rings is 1. The van der Waals surface area contributed by atoms with Crippen LogP contribution in [-0.2, 0) is 0 Å². The van der Waals surface area contributed by atoms with Gasteiger partial charge in [-0.25, -0.2) is 0 Å². The SMILES string of the molecule is CCO.Cl.[Mg+2].[c-]1ccccc1. The van der Waals surface area contributed by atoms with Gasteiger partial charge >= 0.3 is 23.1 Å². The third kappa shape index (κ3) is 17.9. The van der Waals surface area contributed by atoms with Crippen LogP contribution in [0.1, 0.15) is 6.92 Å². The monoisotopic (exact) mass is 183 g/mol. The van der Waals surface area contributed by atoms with Gasteiger partial charge < -0.3 is 5.11 Å². The maximum absolute atomic E-state index is 7.57. The molecule has 0 aromatic heterocycles. The number of hydrogen-bond donors (Lipinski definition) is 1. The first-order valence-corrected chi connectivity index (χ1v) is 2.93. The molecule has 0 atom stereocenters. The molecule has 1 aromatic carbocycles. The van der Waals surface area contributed by atoms with Crippen molar-refractivity contribution in [1.29, 1.82) is 0 Å². The molecule has 0 unspecified atom stereocenters. The van der Waals surface area contributed by atoms with E-state index in [4.69, 9.17) is 5.11 Å². The van der Waals surface area contributed by atoms with E-state index in [2.05, 4.69) is 6.07 Å². The molecule has 0 saturated heterocycles. The Hall–Kier alpha value is 0.236. The summed E-state index contributed by atoms with van der Waals surface area (Å²) in [5.74, 6) is 0. The summed E-state index contributed by atoms with van der Waals surface area (Å²) in [5, 5.41) is 7.57. The minimum Gasteiger partial charge on any atom is -0.397 e. The molecule has 1 rings (SSSR count). The molecule has 0 fully saturated rings. The smallest absolute Gasteiger partial charge is 0.397 e. The molecule has 0 aliphatic carbocycles. The van der Waals surface area contributed by atoms with Crippen LogP contribution in [0.2, 0.25) is 0 Å². The summed E-state index contributed by atoms with van der Waals surface area (Å²) < 4.78 is 0. The van der Waals surface area contributed by atoms with Crippen molar-refractivity contribution in [2.45, 2.75) is 6.92 Å². The molecule has 11 heavy (non-hydrogen) atoms. The first-order chi connectivity index (χ1) is 4.41. The fourth-order valence-electron chi connectivity index (χ4n) is 0.342. The Morgan fingerprint density at radius 3 is 1.64 bits per heavy atom. The molecule has 1 aromatic rings. The maximum atomic E-state index is 7.57. The summed E-state index contributed by atoms with van der Waals surface area (Å²) in [6, 6.07) is 12.5. The van der Waals surface area contributed by atoms with Crippen molar-refractivity contribution in [2.75, 3.05) is 6.61 Å². The molecule has 1 N–H and O–H groups in total. The normalized spacial score (nSPS) is 6.00. The number of hydrogen-bond acceptors (Lipinski definition) is 1. The average Bonchev–Trinajstić information content (AvgIpc) is 1.93. The zero-order chi connectivity index (χ0) is 6.95. The Morgan fingerprint density at radius 2 is 1.55 bits per heavy atom. The van der Waals surface area contributed by atoms with Gasteiger partial charge in [0, 0.05) is 6.61 Å². The van der Waals surface area contributed by atoms with Gasteiger partial charge in [0.2, 0.25) is 0 Å². The van der Waals surface area contributed by atoms with Gasteiger partial charge in [-0.1, -0.05) is 0 Å². The fourth-order valence-corrected chi connectivity index (χ4v) is 0.342. The molecular weight excluding hydrogens is 172 g/mol. The van der Waals surface area contributed by atoms with E-state index in [-0.39, 0.29) is 42.1 Å².